The van der Waals surface area contributed by atoms with Gasteiger partial charge in [0.2, 0.25) is 0 Å². The topological polar surface area (TPSA) is 95.7 Å². The largest absolute Gasteiger partial charge is 0.466 e. The van der Waals surface area contributed by atoms with Gasteiger partial charge in [-0.3, -0.25) is 9.59 Å². The highest BCUT2D eigenvalue weighted by Gasteiger charge is 2.23. The van der Waals surface area contributed by atoms with Crippen LogP contribution in [0.4, 0.5) is 0 Å². The van der Waals surface area contributed by atoms with Gasteiger partial charge in [-0.25, -0.2) is 4.79 Å². The Bertz CT molecular complexity index is 269. The van der Waals surface area contributed by atoms with Crippen molar-refractivity contribution in [1.29, 1.82) is 0 Å². The summed E-state index contributed by atoms with van der Waals surface area (Å²) in [6.07, 6.45) is -0.182. The van der Waals surface area contributed by atoms with Crippen LogP contribution in [0, 0.1) is 0 Å². The van der Waals surface area contributed by atoms with Crippen molar-refractivity contribution in [2.24, 2.45) is 5.73 Å². The van der Waals surface area contributed by atoms with Gasteiger partial charge in [-0.2, -0.15) is 0 Å². The standard InChI is InChI=1S/C10H17NO5.ClH/c1-3-15-8(13)6-5-7(12)9(11)10(14)16-4-2;/h9H,3-6,11H2,1-2H3;1H. The van der Waals surface area contributed by atoms with Gasteiger partial charge in [-0.15, -0.1) is 12.4 Å². The van der Waals surface area contributed by atoms with Crippen LogP contribution >= 0.6 is 12.4 Å². The van der Waals surface area contributed by atoms with E-state index in [9.17, 15) is 14.4 Å². The Hall–Kier alpha value is -1.14. The van der Waals surface area contributed by atoms with Crippen molar-refractivity contribution in [3.05, 3.63) is 0 Å². The Kier molecular flexibility index (Phi) is 10.8. The number of ketones is 1. The van der Waals surface area contributed by atoms with Crippen molar-refractivity contribution < 1.29 is 23.9 Å². The third-order valence-corrected chi connectivity index (χ3v) is 1.77. The molecule has 17 heavy (non-hydrogen) atoms. The van der Waals surface area contributed by atoms with Gasteiger partial charge in [0.25, 0.3) is 0 Å². The van der Waals surface area contributed by atoms with Crippen molar-refractivity contribution >= 4 is 30.1 Å². The zero-order valence-corrected chi connectivity index (χ0v) is 10.7. The third kappa shape index (κ3) is 7.70. The van der Waals surface area contributed by atoms with Gasteiger partial charge in [0, 0.05) is 6.42 Å². The molecule has 1 unspecified atom stereocenters. The lowest BCUT2D eigenvalue weighted by molar-refractivity contribution is -0.149. The summed E-state index contributed by atoms with van der Waals surface area (Å²) in [4.78, 5) is 33.3. The molecule has 0 aliphatic rings. The van der Waals surface area contributed by atoms with E-state index in [0.717, 1.165) is 0 Å². The number of halogens is 1. The summed E-state index contributed by atoms with van der Waals surface area (Å²) < 4.78 is 9.21. The SMILES string of the molecule is CCOC(=O)CCC(=O)C(N)C(=O)OCC.Cl. The monoisotopic (exact) mass is 267 g/mol. The summed E-state index contributed by atoms with van der Waals surface area (Å²) in [7, 11) is 0. The van der Waals surface area contributed by atoms with Crippen LogP contribution < -0.4 is 5.73 Å². The summed E-state index contributed by atoms with van der Waals surface area (Å²) >= 11 is 0. The fraction of sp³-hybridized carbons (Fsp3) is 0.700. The lowest BCUT2D eigenvalue weighted by Gasteiger charge is -2.08. The maximum absolute atomic E-state index is 11.3. The second kappa shape index (κ2) is 10.0. The smallest absolute Gasteiger partial charge is 0.330 e. The van der Waals surface area contributed by atoms with Gasteiger partial charge in [0.1, 0.15) is 0 Å². The second-order valence-electron chi connectivity index (χ2n) is 3.00. The van der Waals surface area contributed by atoms with Crippen molar-refractivity contribution in [2.45, 2.75) is 32.7 Å². The molecule has 0 saturated heterocycles. The molecule has 6 nitrogen and oxygen atoms in total. The van der Waals surface area contributed by atoms with Gasteiger partial charge in [0.05, 0.1) is 19.6 Å². The molecule has 0 aromatic carbocycles. The molecule has 0 amide bonds. The van der Waals surface area contributed by atoms with Gasteiger partial charge < -0.3 is 15.2 Å². The number of hydrogen-bond acceptors (Lipinski definition) is 6. The first-order valence-corrected chi connectivity index (χ1v) is 5.13. The van der Waals surface area contributed by atoms with Crippen LogP contribution in [0.5, 0.6) is 0 Å². The van der Waals surface area contributed by atoms with Gasteiger partial charge in [-0.05, 0) is 13.8 Å². The van der Waals surface area contributed by atoms with Crippen LogP contribution in [-0.4, -0.2) is 37.0 Å². The number of hydrogen-bond donors (Lipinski definition) is 1. The Morgan fingerprint density at radius 2 is 1.59 bits per heavy atom. The molecule has 0 rings (SSSR count). The molecule has 0 fully saturated rings. The number of carbonyl (C=O) groups excluding carboxylic acids is 3. The highest BCUT2D eigenvalue weighted by Crippen LogP contribution is 1.99. The highest BCUT2D eigenvalue weighted by molar-refractivity contribution is 6.03. The molecule has 0 aliphatic carbocycles. The molecule has 100 valence electrons. The minimum absolute atomic E-state index is 0. The van der Waals surface area contributed by atoms with Crippen molar-refractivity contribution in [2.75, 3.05) is 13.2 Å². The number of ether oxygens (including phenoxy) is 2. The van der Waals surface area contributed by atoms with E-state index >= 15 is 0 Å². The van der Waals surface area contributed by atoms with Crippen LogP contribution in [0.25, 0.3) is 0 Å². The normalized spacial score (nSPS) is 11.0. The summed E-state index contributed by atoms with van der Waals surface area (Å²) in [5, 5.41) is 0. The van der Waals surface area contributed by atoms with Crippen LogP contribution in [0.3, 0.4) is 0 Å². The summed E-state index contributed by atoms with van der Waals surface area (Å²) in [6, 6.07) is -1.31. The molecule has 7 heteroatoms. The number of esters is 2. The van der Waals surface area contributed by atoms with E-state index in [1.54, 1.807) is 13.8 Å². The number of rotatable bonds is 7. The first kappa shape index (κ1) is 18.2. The van der Waals surface area contributed by atoms with Crippen LogP contribution in [0.2, 0.25) is 0 Å². The van der Waals surface area contributed by atoms with Gasteiger partial charge >= 0.3 is 11.9 Å². The number of nitrogens with two attached hydrogens (primary N) is 1. The average molecular weight is 268 g/mol. The van der Waals surface area contributed by atoms with E-state index in [2.05, 4.69) is 9.47 Å². The Balaban J connectivity index is 0. The molecule has 0 aromatic heterocycles. The minimum Gasteiger partial charge on any atom is -0.466 e. The molecule has 1 atom stereocenters. The third-order valence-electron chi connectivity index (χ3n) is 1.77. The van der Waals surface area contributed by atoms with Crippen LogP contribution in [0.1, 0.15) is 26.7 Å². The van der Waals surface area contributed by atoms with E-state index < -0.39 is 23.8 Å². The molecule has 0 saturated carbocycles. The quantitative estimate of drug-likeness (QED) is 0.523. The van der Waals surface area contributed by atoms with Crippen LogP contribution in [-0.2, 0) is 23.9 Å². The first-order chi connectivity index (χ1) is 7.52. The highest BCUT2D eigenvalue weighted by atomic mass is 35.5. The molecule has 0 bridgehead atoms. The molecule has 0 heterocycles. The molecule has 2 N–H and O–H groups in total. The number of carbonyl (C=O) groups is 3. The van der Waals surface area contributed by atoms with E-state index in [1.807, 2.05) is 0 Å². The van der Waals surface area contributed by atoms with E-state index in [0.29, 0.717) is 0 Å². The maximum Gasteiger partial charge on any atom is 0.330 e. The lowest BCUT2D eigenvalue weighted by atomic mass is 10.1. The summed E-state index contributed by atoms with van der Waals surface area (Å²) in [5.74, 6) is -1.77. The summed E-state index contributed by atoms with van der Waals surface area (Å²) in [5.41, 5.74) is 5.33. The first-order valence-electron chi connectivity index (χ1n) is 5.13. The van der Waals surface area contributed by atoms with Gasteiger partial charge in [0.15, 0.2) is 11.8 Å². The zero-order chi connectivity index (χ0) is 12.6. The molecular weight excluding hydrogens is 250 g/mol. The predicted octanol–water partition coefficient (Wildman–Crippen LogP) is 0.211. The van der Waals surface area contributed by atoms with E-state index in [1.165, 1.54) is 0 Å². The lowest BCUT2D eigenvalue weighted by Crippen LogP contribution is -2.40. The molecule has 0 aromatic rings. The Morgan fingerprint density at radius 1 is 1.06 bits per heavy atom. The average Bonchev–Trinajstić information content (AvgIpc) is 2.25. The second-order valence-corrected chi connectivity index (χ2v) is 3.00. The van der Waals surface area contributed by atoms with Gasteiger partial charge in [-0.1, -0.05) is 0 Å². The zero-order valence-electron chi connectivity index (χ0n) is 9.93. The maximum atomic E-state index is 11.3. The van der Waals surface area contributed by atoms with Crippen molar-refractivity contribution in [1.82, 2.24) is 0 Å². The molecule has 0 aliphatic heterocycles. The van der Waals surface area contributed by atoms with E-state index in [4.69, 9.17) is 5.73 Å². The molecule has 0 spiro atoms. The summed E-state index contributed by atoms with van der Waals surface area (Å²) in [6.45, 7) is 3.71. The van der Waals surface area contributed by atoms with Crippen molar-refractivity contribution in [3.63, 3.8) is 0 Å². The van der Waals surface area contributed by atoms with E-state index in [-0.39, 0.29) is 38.5 Å². The molecule has 0 radical (unpaired) electrons. The minimum atomic E-state index is -1.31. The van der Waals surface area contributed by atoms with Crippen LogP contribution in [0.15, 0.2) is 0 Å². The fourth-order valence-corrected chi connectivity index (χ4v) is 0.977. The molecular formula is C10H18ClNO5. The predicted molar refractivity (Wildman–Crippen MR) is 62.7 cm³/mol. The fourth-order valence-electron chi connectivity index (χ4n) is 0.977. The van der Waals surface area contributed by atoms with Crippen molar-refractivity contribution in [3.8, 4) is 0 Å². The number of Topliss-reactive ketones (excluding diaryl/α,β-unsaturated/α-hetero) is 1. The Labute approximate surface area is 106 Å². The Morgan fingerprint density at radius 3 is 2.06 bits per heavy atom.